The van der Waals surface area contributed by atoms with Crippen molar-refractivity contribution >= 4 is 28.9 Å². The molecule has 1 atom stereocenters. The third-order valence-electron chi connectivity index (χ3n) is 2.29. The van der Waals surface area contributed by atoms with Crippen LogP contribution >= 0.6 is 12.2 Å². The van der Waals surface area contributed by atoms with Crippen molar-refractivity contribution in [1.29, 1.82) is 0 Å². The Labute approximate surface area is 89.5 Å². The monoisotopic (exact) mass is 213 g/mol. The molecule has 1 saturated heterocycles. The van der Waals surface area contributed by atoms with Crippen molar-refractivity contribution < 1.29 is 9.59 Å². The molecular weight excluding hydrogens is 198 g/mol. The lowest BCUT2D eigenvalue weighted by Gasteiger charge is -2.31. The first kappa shape index (κ1) is 11.3. The molecule has 1 aliphatic rings. The first-order valence-corrected chi connectivity index (χ1v) is 5.21. The lowest BCUT2D eigenvalue weighted by molar-refractivity contribution is -0.139. The van der Waals surface area contributed by atoms with Crippen molar-refractivity contribution in [2.45, 2.75) is 27.2 Å². The summed E-state index contributed by atoms with van der Waals surface area (Å²) < 4.78 is 0. The van der Waals surface area contributed by atoms with E-state index in [1.165, 1.54) is 0 Å². The Kier molecular flexibility index (Phi) is 3.37. The van der Waals surface area contributed by atoms with Gasteiger partial charge in [-0.15, -0.1) is 0 Å². The molecule has 0 aromatic heterocycles. The van der Waals surface area contributed by atoms with E-state index in [1.54, 1.807) is 11.8 Å². The van der Waals surface area contributed by atoms with Gasteiger partial charge in [0.2, 0.25) is 5.91 Å². The number of carbonyl (C=O) groups excluding carboxylic acids is 2. The summed E-state index contributed by atoms with van der Waals surface area (Å²) in [4.78, 5) is 25.1. The van der Waals surface area contributed by atoms with Gasteiger partial charge in [0.1, 0.15) is 0 Å². The SMILES string of the molecule is CC(C)CN1C(=O)C(C)C(=O)CC1=S. The number of carbonyl (C=O) groups is 2. The van der Waals surface area contributed by atoms with Gasteiger partial charge in [0, 0.05) is 6.54 Å². The second-order valence-electron chi connectivity index (χ2n) is 4.10. The van der Waals surface area contributed by atoms with Gasteiger partial charge in [-0.2, -0.15) is 0 Å². The number of amides is 1. The number of hydrogen-bond acceptors (Lipinski definition) is 3. The second kappa shape index (κ2) is 4.17. The largest absolute Gasteiger partial charge is 0.305 e. The lowest BCUT2D eigenvalue weighted by atomic mass is 9.96. The number of likely N-dealkylation sites (tertiary alicyclic amines) is 1. The number of Topliss-reactive ketones (excluding diaryl/α,β-unsaturated/α-hetero) is 1. The fourth-order valence-electron chi connectivity index (χ4n) is 1.45. The molecule has 1 heterocycles. The number of hydrogen-bond donors (Lipinski definition) is 0. The van der Waals surface area contributed by atoms with Crippen LogP contribution in [-0.2, 0) is 9.59 Å². The van der Waals surface area contributed by atoms with Crippen molar-refractivity contribution in [3.05, 3.63) is 0 Å². The molecule has 0 N–H and O–H groups in total. The number of thiocarbonyl (C=S) groups is 1. The van der Waals surface area contributed by atoms with E-state index in [9.17, 15) is 9.59 Å². The molecule has 4 heteroatoms. The lowest BCUT2D eigenvalue weighted by Crippen LogP contribution is -2.49. The molecule has 1 fully saturated rings. The molecule has 0 bridgehead atoms. The van der Waals surface area contributed by atoms with E-state index < -0.39 is 5.92 Å². The molecule has 0 aromatic rings. The van der Waals surface area contributed by atoms with Crippen molar-refractivity contribution in [3.63, 3.8) is 0 Å². The molecule has 0 radical (unpaired) electrons. The minimum absolute atomic E-state index is 0.0555. The summed E-state index contributed by atoms with van der Waals surface area (Å²) in [6, 6.07) is 0. The van der Waals surface area contributed by atoms with E-state index >= 15 is 0 Å². The smallest absolute Gasteiger partial charge is 0.237 e. The minimum Gasteiger partial charge on any atom is -0.305 e. The van der Waals surface area contributed by atoms with Gasteiger partial charge in [0.05, 0.1) is 17.3 Å². The molecule has 0 saturated carbocycles. The van der Waals surface area contributed by atoms with Crippen LogP contribution in [0.2, 0.25) is 0 Å². The Bertz CT molecular complexity index is 286. The topological polar surface area (TPSA) is 37.4 Å². The van der Waals surface area contributed by atoms with Gasteiger partial charge >= 0.3 is 0 Å². The van der Waals surface area contributed by atoms with Crippen LogP contribution < -0.4 is 0 Å². The second-order valence-corrected chi connectivity index (χ2v) is 4.57. The van der Waals surface area contributed by atoms with Crippen LogP contribution in [0.15, 0.2) is 0 Å². The van der Waals surface area contributed by atoms with E-state index in [1.807, 2.05) is 13.8 Å². The highest BCUT2D eigenvalue weighted by atomic mass is 32.1. The van der Waals surface area contributed by atoms with Crippen LogP contribution in [0.5, 0.6) is 0 Å². The quantitative estimate of drug-likeness (QED) is 0.514. The summed E-state index contributed by atoms with van der Waals surface area (Å²) in [6.07, 6.45) is 0.245. The summed E-state index contributed by atoms with van der Waals surface area (Å²) in [5, 5.41) is 0. The first-order valence-electron chi connectivity index (χ1n) is 4.80. The third kappa shape index (κ3) is 2.18. The maximum Gasteiger partial charge on any atom is 0.237 e. The average Bonchev–Trinajstić information content (AvgIpc) is 2.09. The van der Waals surface area contributed by atoms with Crippen LogP contribution in [-0.4, -0.2) is 28.1 Å². The Morgan fingerprint density at radius 1 is 1.50 bits per heavy atom. The Balaban J connectivity index is 2.79. The molecule has 1 amide bonds. The normalized spacial score (nSPS) is 23.6. The zero-order valence-electron chi connectivity index (χ0n) is 8.74. The molecule has 1 rings (SSSR count). The molecule has 0 aliphatic carbocycles. The van der Waals surface area contributed by atoms with Crippen LogP contribution in [0.1, 0.15) is 27.2 Å². The van der Waals surface area contributed by atoms with Gasteiger partial charge in [-0.05, 0) is 12.8 Å². The Hall–Kier alpha value is -0.770. The summed E-state index contributed by atoms with van der Waals surface area (Å²) in [7, 11) is 0. The molecule has 78 valence electrons. The number of nitrogens with zero attached hydrogens (tertiary/aromatic N) is 1. The van der Waals surface area contributed by atoms with Crippen LogP contribution in [0.4, 0.5) is 0 Å². The highest BCUT2D eigenvalue weighted by Gasteiger charge is 2.35. The van der Waals surface area contributed by atoms with E-state index in [4.69, 9.17) is 12.2 Å². The third-order valence-corrected chi connectivity index (χ3v) is 2.66. The van der Waals surface area contributed by atoms with Gasteiger partial charge in [0.25, 0.3) is 0 Å². The zero-order chi connectivity index (χ0) is 10.9. The van der Waals surface area contributed by atoms with E-state index in [-0.39, 0.29) is 18.1 Å². The molecule has 0 aromatic carbocycles. The van der Waals surface area contributed by atoms with E-state index in [0.29, 0.717) is 17.5 Å². The van der Waals surface area contributed by atoms with Gasteiger partial charge < -0.3 is 4.90 Å². The van der Waals surface area contributed by atoms with Gasteiger partial charge in [0.15, 0.2) is 5.78 Å². The predicted octanol–water partition coefficient (Wildman–Crippen LogP) is 1.41. The standard InChI is InChI=1S/C10H15NO2S/c1-6(2)5-11-9(14)4-8(12)7(3)10(11)13/h6-7H,4-5H2,1-3H3. The highest BCUT2D eigenvalue weighted by molar-refractivity contribution is 7.80. The van der Waals surface area contributed by atoms with Crippen molar-refractivity contribution in [2.24, 2.45) is 11.8 Å². The first-order chi connectivity index (χ1) is 6.43. The minimum atomic E-state index is -0.513. The van der Waals surface area contributed by atoms with Crippen molar-refractivity contribution in [1.82, 2.24) is 4.90 Å². The fourth-order valence-corrected chi connectivity index (χ4v) is 1.76. The zero-order valence-corrected chi connectivity index (χ0v) is 9.56. The van der Waals surface area contributed by atoms with Gasteiger partial charge in [-0.1, -0.05) is 26.1 Å². The fraction of sp³-hybridized carbons (Fsp3) is 0.700. The average molecular weight is 213 g/mol. The number of ketones is 1. The molecule has 1 unspecified atom stereocenters. The van der Waals surface area contributed by atoms with Crippen LogP contribution in [0.25, 0.3) is 0 Å². The maximum atomic E-state index is 11.7. The Morgan fingerprint density at radius 2 is 2.07 bits per heavy atom. The van der Waals surface area contributed by atoms with E-state index in [0.717, 1.165) is 0 Å². The van der Waals surface area contributed by atoms with Crippen LogP contribution in [0.3, 0.4) is 0 Å². The van der Waals surface area contributed by atoms with E-state index in [2.05, 4.69) is 0 Å². The van der Waals surface area contributed by atoms with Crippen molar-refractivity contribution in [2.75, 3.05) is 6.54 Å². The molecular formula is C10H15NO2S. The summed E-state index contributed by atoms with van der Waals surface area (Å²) in [5.41, 5.74) is 0. The van der Waals surface area contributed by atoms with Crippen LogP contribution in [0, 0.1) is 11.8 Å². The summed E-state index contributed by atoms with van der Waals surface area (Å²) >= 11 is 5.04. The summed E-state index contributed by atoms with van der Waals surface area (Å²) in [5.74, 6) is -0.335. The Morgan fingerprint density at radius 3 is 2.57 bits per heavy atom. The molecule has 14 heavy (non-hydrogen) atoms. The van der Waals surface area contributed by atoms with Gasteiger partial charge in [-0.25, -0.2) is 0 Å². The number of piperidine rings is 1. The number of rotatable bonds is 2. The molecule has 1 aliphatic heterocycles. The maximum absolute atomic E-state index is 11.7. The molecule has 0 spiro atoms. The predicted molar refractivity (Wildman–Crippen MR) is 57.9 cm³/mol. The molecule has 3 nitrogen and oxygen atoms in total. The summed E-state index contributed by atoms with van der Waals surface area (Å²) in [6.45, 7) is 6.32. The van der Waals surface area contributed by atoms with Crippen molar-refractivity contribution in [3.8, 4) is 0 Å². The van der Waals surface area contributed by atoms with Gasteiger partial charge in [-0.3, -0.25) is 9.59 Å². The highest BCUT2D eigenvalue weighted by Crippen LogP contribution is 2.17.